The largest absolute Gasteiger partial charge is 0.464 e. The van der Waals surface area contributed by atoms with Crippen molar-refractivity contribution < 1.29 is 9.90 Å². The number of hydrogen-bond donors (Lipinski definition) is 2. The van der Waals surface area contributed by atoms with Crippen LogP contribution in [0.5, 0.6) is 0 Å². The van der Waals surface area contributed by atoms with Crippen LogP contribution in [0.25, 0.3) is 33.1 Å². The summed E-state index contributed by atoms with van der Waals surface area (Å²) in [6.07, 6.45) is -1.07. The highest BCUT2D eigenvalue weighted by molar-refractivity contribution is 6.32. The highest BCUT2D eigenvalue weighted by atomic mass is 35.5. The second kappa shape index (κ2) is 5.88. The molecule has 0 fully saturated rings. The number of halogens is 1. The van der Waals surface area contributed by atoms with E-state index in [9.17, 15) is 9.90 Å². The monoisotopic (exact) mass is 351 g/mol. The molecule has 0 atom stereocenters. The van der Waals surface area contributed by atoms with Crippen LogP contribution in [0.2, 0.25) is 5.15 Å². The summed E-state index contributed by atoms with van der Waals surface area (Å²) in [7, 11) is 0. The molecule has 0 amide bonds. The molecule has 0 aliphatic rings. The number of para-hydroxylation sites is 1. The number of carboxylic acid groups (broad SMARTS) is 1. The van der Waals surface area contributed by atoms with E-state index in [0.29, 0.717) is 23.3 Å². The van der Waals surface area contributed by atoms with Gasteiger partial charge in [-0.05, 0) is 35.9 Å². The third kappa shape index (κ3) is 2.54. The van der Waals surface area contributed by atoms with Crippen molar-refractivity contribution in [1.82, 2.24) is 9.55 Å². The minimum atomic E-state index is -1.07. The Morgan fingerprint density at radius 1 is 1.12 bits per heavy atom. The molecule has 2 heterocycles. The number of benzene rings is 2. The minimum Gasteiger partial charge on any atom is -0.464 e. The summed E-state index contributed by atoms with van der Waals surface area (Å²) in [4.78, 5) is 16.3. The molecule has 4 aromatic rings. The number of pyridine rings is 1. The van der Waals surface area contributed by atoms with Gasteiger partial charge < -0.3 is 10.8 Å². The predicted octanol–water partition coefficient (Wildman–Crippen LogP) is 4.49. The highest BCUT2D eigenvalue weighted by Gasteiger charge is 2.19. The van der Waals surface area contributed by atoms with Crippen molar-refractivity contribution in [1.29, 1.82) is 0 Å². The van der Waals surface area contributed by atoms with Gasteiger partial charge in [0.2, 0.25) is 0 Å². The Bertz CT molecular complexity index is 1130. The van der Waals surface area contributed by atoms with E-state index in [1.807, 2.05) is 42.5 Å². The van der Waals surface area contributed by atoms with Crippen LogP contribution in [0, 0.1) is 0 Å². The standard InChI is InChI=1S/C19H14ClN3O2/c20-18-14(8-12-3-1-2-4-15(12)22-18)17-9-13-7-11(10-21)5-6-16(13)23(17)19(24)25/h1-9H,10,21H2,(H,24,25). The summed E-state index contributed by atoms with van der Waals surface area (Å²) in [5.41, 5.74) is 9.04. The van der Waals surface area contributed by atoms with Crippen molar-refractivity contribution in [3.63, 3.8) is 0 Å². The first-order valence-electron chi connectivity index (χ1n) is 7.72. The van der Waals surface area contributed by atoms with Gasteiger partial charge in [0.15, 0.2) is 0 Å². The Morgan fingerprint density at radius 2 is 1.92 bits per heavy atom. The number of hydrogen-bond acceptors (Lipinski definition) is 3. The molecule has 124 valence electrons. The van der Waals surface area contributed by atoms with Crippen LogP contribution in [-0.2, 0) is 6.54 Å². The Balaban J connectivity index is 2.04. The van der Waals surface area contributed by atoms with Crippen molar-refractivity contribution in [2.45, 2.75) is 6.54 Å². The van der Waals surface area contributed by atoms with Gasteiger partial charge in [0, 0.05) is 22.9 Å². The zero-order chi connectivity index (χ0) is 17.6. The summed E-state index contributed by atoms with van der Waals surface area (Å²) in [6, 6.07) is 16.7. The molecule has 0 spiro atoms. The Labute approximate surface area is 148 Å². The van der Waals surface area contributed by atoms with Crippen molar-refractivity contribution in [3.8, 4) is 11.3 Å². The molecule has 0 radical (unpaired) electrons. The number of rotatable bonds is 2. The van der Waals surface area contributed by atoms with Gasteiger partial charge in [0.1, 0.15) is 5.15 Å². The van der Waals surface area contributed by atoms with Gasteiger partial charge in [-0.1, -0.05) is 35.9 Å². The Morgan fingerprint density at radius 3 is 2.68 bits per heavy atom. The first kappa shape index (κ1) is 15.6. The van der Waals surface area contributed by atoms with Gasteiger partial charge in [-0.3, -0.25) is 0 Å². The van der Waals surface area contributed by atoms with Crippen LogP contribution in [-0.4, -0.2) is 20.8 Å². The minimum absolute atomic E-state index is 0.267. The van der Waals surface area contributed by atoms with E-state index in [1.165, 1.54) is 4.57 Å². The van der Waals surface area contributed by atoms with Gasteiger partial charge >= 0.3 is 6.09 Å². The van der Waals surface area contributed by atoms with E-state index in [0.717, 1.165) is 21.9 Å². The molecule has 0 saturated carbocycles. The van der Waals surface area contributed by atoms with Crippen LogP contribution in [0.4, 0.5) is 4.79 Å². The summed E-state index contributed by atoms with van der Waals surface area (Å²) >= 11 is 6.36. The summed E-state index contributed by atoms with van der Waals surface area (Å²) in [5, 5.41) is 11.7. The quantitative estimate of drug-likeness (QED) is 0.521. The van der Waals surface area contributed by atoms with E-state index in [4.69, 9.17) is 17.3 Å². The van der Waals surface area contributed by atoms with Gasteiger partial charge in [-0.2, -0.15) is 0 Å². The first-order valence-corrected chi connectivity index (χ1v) is 8.09. The van der Waals surface area contributed by atoms with Crippen molar-refractivity contribution in [2.75, 3.05) is 0 Å². The number of nitrogens with zero attached hydrogens (tertiary/aromatic N) is 2. The second-order valence-electron chi connectivity index (χ2n) is 5.76. The number of fused-ring (bicyclic) bond motifs is 2. The molecule has 0 saturated heterocycles. The Kier molecular flexibility index (Phi) is 3.67. The van der Waals surface area contributed by atoms with Gasteiger partial charge in [0.25, 0.3) is 0 Å². The molecule has 3 N–H and O–H groups in total. The van der Waals surface area contributed by atoms with Crippen molar-refractivity contribution in [2.24, 2.45) is 5.73 Å². The lowest BCUT2D eigenvalue weighted by atomic mass is 10.1. The lowest BCUT2D eigenvalue weighted by molar-refractivity contribution is 0.198. The number of aromatic nitrogens is 2. The Hall–Kier alpha value is -2.89. The lowest BCUT2D eigenvalue weighted by Crippen LogP contribution is -2.09. The topological polar surface area (TPSA) is 81.1 Å². The first-order chi connectivity index (χ1) is 12.1. The average molecular weight is 352 g/mol. The summed E-state index contributed by atoms with van der Waals surface area (Å²) < 4.78 is 1.23. The van der Waals surface area contributed by atoms with Gasteiger partial charge in [0.05, 0.1) is 16.7 Å². The van der Waals surface area contributed by atoms with E-state index < -0.39 is 6.09 Å². The van der Waals surface area contributed by atoms with E-state index in [1.54, 1.807) is 12.1 Å². The molecular weight excluding hydrogens is 338 g/mol. The molecule has 2 aromatic carbocycles. The van der Waals surface area contributed by atoms with Crippen molar-refractivity contribution in [3.05, 3.63) is 65.3 Å². The maximum Gasteiger partial charge on any atom is 0.416 e. The molecule has 0 aliphatic carbocycles. The molecule has 4 rings (SSSR count). The average Bonchev–Trinajstić information content (AvgIpc) is 2.99. The SMILES string of the molecule is NCc1ccc2c(c1)cc(-c1cc3ccccc3nc1Cl)n2C(=O)O. The van der Waals surface area contributed by atoms with Crippen LogP contribution in [0.15, 0.2) is 54.6 Å². The fourth-order valence-electron chi connectivity index (χ4n) is 3.07. The molecule has 0 aliphatic heterocycles. The van der Waals surface area contributed by atoms with Gasteiger partial charge in [-0.15, -0.1) is 0 Å². The van der Waals surface area contributed by atoms with E-state index >= 15 is 0 Å². The molecule has 2 aromatic heterocycles. The number of nitrogens with two attached hydrogens (primary N) is 1. The molecule has 0 bridgehead atoms. The third-order valence-electron chi connectivity index (χ3n) is 4.25. The second-order valence-corrected chi connectivity index (χ2v) is 6.12. The smallest absolute Gasteiger partial charge is 0.416 e. The number of carbonyl (C=O) groups is 1. The fourth-order valence-corrected chi connectivity index (χ4v) is 3.31. The molecule has 6 heteroatoms. The zero-order valence-corrected chi connectivity index (χ0v) is 13.9. The van der Waals surface area contributed by atoms with Crippen LogP contribution < -0.4 is 5.73 Å². The fraction of sp³-hybridized carbons (Fsp3) is 0.0526. The van der Waals surface area contributed by atoms with E-state index in [-0.39, 0.29) is 5.15 Å². The van der Waals surface area contributed by atoms with Crippen LogP contribution in [0.1, 0.15) is 5.56 Å². The summed E-state index contributed by atoms with van der Waals surface area (Å²) in [6.45, 7) is 0.391. The molecular formula is C19H14ClN3O2. The lowest BCUT2D eigenvalue weighted by Gasteiger charge is -2.08. The maximum atomic E-state index is 11.9. The van der Waals surface area contributed by atoms with Crippen molar-refractivity contribution >= 4 is 39.5 Å². The zero-order valence-electron chi connectivity index (χ0n) is 13.1. The van der Waals surface area contributed by atoms with Crippen LogP contribution in [0.3, 0.4) is 0 Å². The maximum absolute atomic E-state index is 11.9. The van der Waals surface area contributed by atoms with Crippen LogP contribution >= 0.6 is 11.6 Å². The molecule has 0 unspecified atom stereocenters. The van der Waals surface area contributed by atoms with Gasteiger partial charge in [-0.25, -0.2) is 14.3 Å². The predicted molar refractivity (Wildman–Crippen MR) is 99.0 cm³/mol. The molecule has 25 heavy (non-hydrogen) atoms. The molecule has 5 nitrogen and oxygen atoms in total. The summed E-state index contributed by atoms with van der Waals surface area (Å²) in [5.74, 6) is 0. The highest BCUT2D eigenvalue weighted by Crippen LogP contribution is 2.34. The normalized spacial score (nSPS) is 11.3. The van der Waals surface area contributed by atoms with E-state index in [2.05, 4.69) is 4.98 Å². The third-order valence-corrected chi connectivity index (χ3v) is 4.53.